The third-order valence-corrected chi connectivity index (χ3v) is 7.93. The van der Waals surface area contributed by atoms with Gasteiger partial charge in [0.25, 0.3) is 10.0 Å². The second kappa shape index (κ2) is 6.92. The lowest BCUT2D eigenvalue weighted by atomic mass is 10.1. The van der Waals surface area contributed by atoms with Gasteiger partial charge in [-0.25, -0.2) is 13.4 Å². The summed E-state index contributed by atoms with van der Waals surface area (Å²) < 4.78 is 66.6. The summed E-state index contributed by atoms with van der Waals surface area (Å²) in [5.74, 6) is 0. The Kier molecular flexibility index (Phi) is 5.08. The number of hydrogen-bond donors (Lipinski definition) is 1. The van der Waals surface area contributed by atoms with Crippen molar-refractivity contribution in [3.63, 3.8) is 0 Å². The van der Waals surface area contributed by atoms with Crippen LogP contribution >= 0.6 is 22.7 Å². The van der Waals surface area contributed by atoms with E-state index in [1.807, 2.05) is 13.8 Å². The summed E-state index contributed by atoms with van der Waals surface area (Å²) >= 11 is 2.45. The number of nitrogens with zero attached hydrogens (tertiary/aromatic N) is 1. The van der Waals surface area contributed by atoms with Gasteiger partial charge in [0, 0.05) is 15.8 Å². The van der Waals surface area contributed by atoms with Crippen molar-refractivity contribution in [2.24, 2.45) is 0 Å². The Balaban J connectivity index is 1.93. The van der Waals surface area contributed by atoms with Crippen LogP contribution in [0.25, 0.3) is 10.6 Å². The van der Waals surface area contributed by atoms with E-state index in [1.54, 1.807) is 5.38 Å². The molecule has 0 aliphatic carbocycles. The van der Waals surface area contributed by atoms with E-state index in [2.05, 4.69) is 9.71 Å². The molecule has 0 radical (unpaired) electrons. The first-order chi connectivity index (χ1) is 12.5. The second-order valence-corrected chi connectivity index (χ2v) is 9.92. The van der Waals surface area contributed by atoms with E-state index in [1.165, 1.54) is 36.5 Å². The molecular formula is C17H15F3N2O2S3. The van der Waals surface area contributed by atoms with Gasteiger partial charge in [-0.3, -0.25) is 4.72 Å². The summed E-state index contributed by atoms with van der Waals surface area (Å²) in [7, 11) is -4.01. The Morgan fingerprint density at radius 2 is 1.85 bits per heavy atom. The van der Waals surface area contributed by atoms with Crippen molar-refractivity contribution in [3.05, 3.63) is 51.3 Å². The van der Waals surface area contributed by atoms with Crippen molar-refractivity contribution in [2.75, 3.05) is 4.72 Å². The first-order valence-electron chi connectivity index (χ1n) is 7.71. The van der Waals surface area contributed by atoms with E-state index in [0.29, 0.717) is 10.6 Å². The number of hydrogen-bond acceptors (Lipinski definition) is 5. The summed E-state index contributed by atoms with van der Waals surface area (Å²) in [6, 6.07) is 4.88. The average molecular weight is 433 g/mol. The highest BCUT2D eigenvalue weighted by Gasteiger charge is 2.33. The zero-order valence-corrected chi connectivity index (χ0v) is 17.0. The van der Waals surface area contributed by atoms with Gasteiger partial charge >= 0.3 is 6.18 Å². The number of sulfonamides is 1. The number of aromatic nitrogens is 1. The topological polar surface area (TPSA) is 59.1 Å². The minimum atomic E-state index is -4.55. The van der Waals surface area contributed by atoms with Crippen LogP contribution in [-0.2, 0) is 16.2 Å². The second-order valence-electron chi connectivity index (χ2n) is 5.90. The van der Waals surface area contributed by atoms with Crippen LogP contribution in [0.1, 0.15) is 21.7 Å². The van der Waals surface area contributed by atoms with Crippen LogP contribution in [0.4, 0.5) is 18.9 Å². The van der Waals surface area contributed by atoms with Crippen LogP contribution in [0.2, 0.25) is 0 Å². The van der Waals surface area contributed by atoms with Crippen molar-refractivity contribution in [1.82, 2.24) is 4.98 Å². The third-order valence-electron chi connectivity index (χ3n) is 4.00. The number of thiazole rings is 1. The van der Waals surface area contributed by atoms with Gasteiger partial charge in [0.2, 0.25) is 0 Å². The first kappa shape index (κ1) is 19.8. The van der Waals surface area contributed by atoms with Crippen molar-refractivity contribution in [2.45, 2.75) is 31.2 Å². The molecule has 27 heavy (non-hydrogen) atoms. The number of rotatable bonds is 4. The molecule has 1 aromatic carbocycles. The largest absolute Gasteiger partial charge is 0.416 e. The minimum Gasteiger partial charge on any atom is -0.279 e. The molecule has 1 N–H and O–H groups in total. The van der Waals surface area contributed by atoms with Gasteiger partial charge < -0.3 is 0 Å². The molecule has 144 valence electrons. The Hall–Kier alpha value is -1.91. The van der Waals surface area contributed by atoms with Gasteiger partial charge in [-0.05, 0) is 44.5 Å². The van der Waals surface area contributed by atoms with E-state index in [4.69, 9.17) is 0 Å². The van der Waals surface area contributed by atoms with Gasteiger partial charge in [-0.15, -0.1) is 22.7 Å². The van der Waals surface area contributed by atoms with E-state index in [0.717, 1.165) is 28.0 Å². The molecule has 2 heterocycles. The molecule has 0 aliphatic heterocycles. The first-order valence-corrected chi connectivity index (χ1v) is 10.9. The highest BCUT2D eigenvalue weighted by atomic mass is 32.2. The lowest BCUT2D eigenvalue weighted by Crippen LogP contribution is -2.15. The molecule has 0 saturated carbocycles. The molecule has 0 atom stereocenters. The fourth-order valence-corrected chi connectivity index (χ4v) is 5.68. The molecule has 3 rings (SSSR count). The number of alkyl halides is 3. The van der Waals surface area contributed by atoms with Crippen LogP contribution in [0.15, 0.2) is 33.9 Å². The Morgan fingerprint density at radius 3 is 2.44 bits per heavy atom. The van der Waals surface area contributed by atoms with E-state index < -0.39 is 21.8 Å². The molecular weight excluding hydrogens is 417 g/mol. The highest BCUT2D eigenvalue weighted by molar-refractivity contribution is 7.94. The summed E-state index contributed by atoms with van der Waals surface area (Å²) in [6.07, 6.45) is -4.55. The van der Waals surface area contributed by atoms with Crippen LogP contribution in [0, 0.1) is 20.8 Å². The normalized spacial score (nSPS) is 12.4. The van der Waals surface area contributed by atoms with Crippen molar-refractivity contribution < 1.29 is 21.6 Å². The Bertz CT molecular complexity index is 1080. The van der Waals surface area contributed by atoms with Gasteiger partial charge in [-0.1, -0.05) is 6.07 Å². The average Bonchev–Trinajstić information content (AvgIpc) is 3.16. The van der Waals surface area contributed by atoms with Crippen molar-refractivity contribution in [1.29, 1.82) is 0 Å². The standard InChI is InChI=1S/C17H15F3N2O2S3/c1-9-13(17(18,19)20)5-4-6-14(9)22-27(23,24)15-7-12(8-25-15)16-21-10(2)11(3)26-16/h4-8,22H,1-3H3. The molecule has 4 nitrogen and oxygen atoms in total. The molecule has 2 aromatic heterocycles. The van der Waals surface area contributed by atoms with E-state index in [9.17, 15) is 21.6 Å². The third kappa shape index (κ3) is 4.02. The molecule has 10 heteroatoms. The monoisotopic (exact) mass is 432 g/mol. The number of benzene rings is 1. The van der Waals surface area contributed by atoms with Gasteiger partial charge in [-0.2, -0.15) is 13.2 Å². The van der Waals surface area contributed by atoms with Crippen LogP contribution in [0.5, 0.6) is 0 Å². The molecule has 0 amide bonds. The summed E-state index contributed by atoms with van der Waals surface area (Å²) in [6.45, 7) is 5.04. The summed E-state index contributed by atoms with van der Waals surface area (Å²) in [4.78, 5) is 5.44. The van der Waals surface area contributed by atoms with Gasteiger partial charge in [0.15, 0.2) is 0 Å². The Morgan fingerprint density at radius 1 is 1.15 bits per heavy atom. The Labute approximate surface area is 162 Å². The van der Waals surface area contributed by atoms with Gasteiger partial charge in [0.05, 0.1) is 16.9 Å². The molecule has 3 aromatic rings. The number of aryl methyl sites for hydroxylation is 2. The molecule has 0 unspecified atom stereocenters. The smallest absolute Gasteiger partial charge is 0.279 e. The fraction of sp³-hybridized carbons (Fsp3) is 0.235. The summed E-state index contributed by atoms with van der Waals surface area (Å²) in [5.41, 5.74) is 0.409. The van der Waals surface area contributed by atoms with Crippen LogP contribution < -0.4 is 4.72 Å². The highest BCUT2D eigenvalue weighted by Crippen LogP contribution is 2.36. The maximum Gasteiger partial charge on any atom is 0.416 e. The fourth-order valence-electron chi connectivity index (χ4n) is 2.41. The maximum atomic E-state index is 13.0. The molecule has 0 aliphatic rings. The van der Waals surface area contributed by atoms with E-state index >= 15 is 0 Å². The zero-order chi connectivity index (χ0) is 20.0. The molecule has 0 spiro atoms. The molecule has 0 bridgehead atoms. The quantitative estimate of drug-likeness (QED) is 0.582. The maximum absolute atomic E-state index is 13.0. The number of nitrogens with one attached hydrogen (secondary N) is 1. The molecule has 0 saturated heterocycles. The van der Waals surface area contributed by atoms with Crippen LogP contribution in [-0.4, -0.2) is 13.4 Å². The predicted octanol–water partition coefficient (Wildman–Crippen LogP) is 5.62. The number of thiophene rings is 1. The SMILES string of the molecule is Cc1nc(-c2csc(S(=O)(=O)Nc3cccc(C(F)(F)F)c3C)c2)sc1C. The lowest BCUT2D eigenvalue weighted by Gasteiger charge is -2.15. The van der Waals surface area contributed by atoms with Crippen LogP contribution in [0.3, 0.4) is 0 Å². The lowest BCUT2D eigenvalue weighted by molar-refractivity contribution is -0.138. The zero-order valence-electron chi connectivity index (χ0n) is 14.5. The van der Waals surface area contributed by atoms with Crippen molar-refractivity contribution in [3.8, 4) is 10.6 Å². The van der Waals surface area contributed by atoms with Gasteiger partial charge in [0.1, 0.15) is 9.22 Å². The molecule has 0 fully saturated rings. The summed E-state index contributed by atoms with van der Waals surface area (Å²) in [5, 5.41) is 2.38. The van der Waals surface area contributed by atoms with E-state index in [-0.39, 0.29) is 15.5 Å². The number of halogens is 3. The van der Waals surface area contributed by atoms with Crippen molar-refractivity contribution >= 4 is 38.4 Å². The predicted molar refractivity (Wildman–Crippen MR) is 102 cm³/mol. The number of anilines is 1. The minimum absolute atomic E-state index is 0.0137.